The minimum Gasteiger partial charge on any atom is -0.330 e. The Hall–Kier alpha value is -1.06. The first kappa shape index (κ1) is 11.4. The van der Waals surface area contributed by atoms with Gasteiger partial charge in [0.25, 0.3) is 0 Å². The second-order valence-corrected chi connectivity index (χ2v) is 4.51. The number of fused-ring (bicyclic) bond motifs is 1. The Morgan fingerprint density at radius 2 is 2.19 bits per heavy atom. The number of rotatable bonds is 3. The molecule has 16 heavy (non-hydrogen) atoms. The van der Waals surface area contributed by atoms with Crippen LogP contribution in [0.15, 0.2) is 12.3 Å². The fraction of sp³-hybridized carbons (Fsp3) is 0.417. The number of nitrogens with zero attached hydrogens (tertiary/aromatic N) is 2. The summed E-state index contributed by atoms with van der Waals surface area (Å²) < 4.78 is 2.09. The molecule has 0 atom stereocenters. The van der Waals surface area contributed by atoms with E-state index >= 15 is 0 Å². The minimum atomic E-state index is 0.701. The van der Waals surface area contributed by atoms with E-state index in [4.69, 9.17) is 17.3 Å². The second kappa shape index (κ2) is 4.44. The lowest BCUT2D eigenvalue weighted by molar-refractivity contribution is 0.796. The van der Waals surface area contributed by atoms with Gasteiger partial charge in [0.05, 0.1) is 10.7 Å². The first-order valence-electron chi connectivity index (χ1n) is 5.47. The number of imidazole rings is 1. The predicted molar refractivity (Wildman–Crippen MR) is 67.1 cm³/mol. The summed E-state index contributed by atoms with van der Waals surface area (Å²) in [5.41, 5.74) is 9.93. The van der Waals surface area contributed by atoms with Gasteiger partial charge in [-0.15, -0.1) is 0 Å². The Kier molecular flexibility index (Phi) is 3.17. The fourth-order valence-corrected chi connectivity index (χ4v) is 2.26. The van der Waals surface area contributed by atoms with Crippen molar-refractivity contribution in [1.82, 2.24) is 9.38 Å². The van der Waals surface area contributed by atoms with Crippen molar-refractivity contribution < 1.29 is 0 Å². The third-order valence-corrected chi connectivity index (χ3v) is 2.99. The average molecular weight is 238 g/mol. The Balaban J connectivity index is 2.59. The Bertz CT molecular complexity index is 516. The standard InChI is InChI=1S/C12H16ClN3/c1-8-6-10(13)7-16-11(4-3-5-14)9(2)15-12(8)16/h6-7H,3-5,14H2,1-2H3. The number of aromatic nitrogens is 2. The highest BCUT2D eigenvalue weighted by Crippen LogP contribution is 2.20. The molecule has 0 fully saturated rings. The molecule has 3 nitrogen and oxygen atoms in total. The summed E-state index contributed by atoms with van der Waals surface area (Å²) in [7, 11) is 0. The van der Waals surface area contributed by atoms with Crippen LogP contribution >= 0.6 is 11.6 Å². The smallest absolute Gasteiger partial charge is 0.140 e. The molecule has 4 heteroatoms. The lowest BCUT2D eigenvalue weighted by atomic mass is 10.2. The minimum absolute atomic E-state index is 0.701. The van der Waals surface area contributed by atoms with Crippen molar-refractivity contribution in [3.8, 4) is 0 Å². The molecule has 2 rings (SSSR count). The van der Waals surface area contributed by atoms with Gasteiger partial charge in [-0.1, -0.05) is 11.6 Å². The normalized spacial score (nSPS) is 11.2. The summed E-state index contributed by atoms with van der Waals surface area (Å²) >= 11 is 6.07. The largest absolute Gasteiger partial charge is 0.330 e. The molecular weight excluding hydrogens is 222 g/mol. The van der Waals surface area contributed by atoms with Crippen molar-refractivity contribution in [2.24, 2.45) is 5.73 Å². The molecule has 0 saturated carbocycles. The number of pyridine rings is 1. The highest BCUT2D eigenvalue weighted by atomic mass is 35.5. The molecule has 0 amide bonds. The molecule has 0 spiro atoms. The number of aryl methyl sites for hydroxylation is 3. The highest BCUT2D eigenvalue weighted by molar-refractivity contribution is 6.30. The molecule has 0 saturated heterocycles. The van der Waals surface area contributed by atoms with Crippen molar-refractivity contribution >= 4 is 17.2 Å². The number of hydrogen-bond donors (Lipinski definition) is 1. The van der Waals surface area contributed by atoms with E-state index in [1.54, 1.807) is 0 Å². The summed E-state index contributed by atoms with van der Waals surface area (Å²) in [5.74, 6) is 0. The Morgan fingerprint density at radius 3 is 2.88 bits per heavy atom. The summed E-state index contributed by atoms with van der Waals surface area (Å²) in [5, 5.41) is 0.747. The lowest BCUT2D eigenvalue weighted by Gasteiger charge is -2.04. The molecule has 0 unspecified atom stereocenters. The summed E-state index contributed by atoms with van der Waals surface area (Å²) in [6, 6.07) is 1.94. The molecule has 2 heterocycles. The predicted octanol–water partition coefficient (Wildman–Crippen LogP) is 2.50. The van der Waals surface area contributed by atoms with Gasteiger partial charge >= 0.3 is 0 Å². The van der Waals surface area contributed by atoms with Crippen LogP contribution < -0.4 is 5.73 Å². The summed E-state index contributed by atoms with van der Waals surface area (Å²) in [4.78, 5) is 4.57. The molecule has 0 radical (unpaired) electrons. The van der Waals surface area contributed by atoms with E-state index in [0.717, 1.165) is 34.8 Å². The van der Waals surface area contributed by atoms with Gasteiger partial charge in [-0.25, -0.2) is 4.98 Å². The molecule has 2 N–H and O–H groups in total. The number of hydrogen-bond acceptors (Lipinski definition) is 2. The molecule has 86 valence electrons. The van der Waals surface area contributed by atoms with Crippen LogP contribution in [0.5, 0.6) is 0 Å². The van der Waals surface area contributed by atoms with Gasteiger partial charge in [0.15, 0.2) is 0 Å². The highest BCUT2D eigenvalue weighted by Gasteiger charge is 2.10. The van der Waals surface area contributed by atoms with E-state index < -0.39 is 0 Å². The SMILES string of the molecule is Cc1nc2c(C)cc(Cl)cn2c1CCCN. The van der Waals surface area contributed by atoms with E-state index in [1.807, 2.05) is 26.1 Å². The number of nitrogens with two attached hydrogens (primary N) is 1. The van der Waals surface area contributed by atoms with Gasteiger partial charge in [0, 0.05) is 11.9 Å². The van der Waals surface area contributed by atoms with Crippen molar-refractivity contribution in [3.63, 3.8) is 0 Å². The molecule has 0 aliphatic heterocycles. The molecule has 0 bridgehead atoms. The third-order valence-electron chi connectivity index (χ3n) is 2.79. The van der Waals surface area contributed by atoms with Crippen LogP contribution in [0, 0.1) is 13.8 Å². The van der Waals surface area contributed by atoms with Gasteiger partial charge in [-0.2, -0.15) is 0 Å². The third kappa shape index (κ3) is 1.93. The first-order valence-corrected chi connectivity index (χ1v) is 5.85. The maximum Gasteiger partial charge on any atom is 0.140 e. The van der Waals surface area contributed by atoms with E-state index in [2.05, 4.69) is 9.38 Å². The van der Waals surface area contributed by atoms with Crippen molar-refractivity contribution in [3.05, 3.63) is 34.2 Å². The van der Waals surface area contributed by atoms with Gasteiger partial charge in [-0.05, 0) is 44.9 Å². The van der Waals surface area contributed by atoms with Gasteiger partial charge in [0.2, 0.25) is 0 Å². The van der Waals surface area contributed by atoms with Gasteiger partial charge in [-0.3, -0.25) is 0 Å². The van der Waals surface area contributed by atoms with E-state index in [0.29, 0.717) is 6.54 Å². The van der Waals surface area contributed by atoms with Crippen LogP contribution in [-0.4, -0.2) is 15.9 Å². The van der Waals surface area contributed by atoms with Crippen LogP contribution in [-0.2, 0) is 6.42 Å². The van der Waals surface area contributed by atoms with E-state index in [1.165, 1.54) is 5.69 Å². The second-order valence-electron chi connectivity index (χ2n) is 4.07. The van der Waals surface area contributed by atoms with Gasteiger partial charge < -0.3 is 10.1 Å². The zero-order chi connectivity index (χ0) is 11.7. The zero-order valence-electron chi connectivity index (χ0n) is 9.63. The molecule has 0 aliphatic rings. The fourth-order valence-electron chi connectivity index (χ4n) is 2.00. The summed E-state index contributed by atoms with van der Waals surface area (Å²) in [6.07, 6.45) is 3.85. The Labute approximate surface area is 100 Å². The topological polar surface area (TPSA) is 43.3 Å². The average Bonchev–Trinajstić information content (AvgIpc) is 2.53. The van der Waals surface area contributed by atoms with Crippen LogP contribution in [0.3, 0.4) is 0 Å². The monoisotopic (exact) mass is 237 g/mol. The van der Waals surface area contributed by atoms with Gasteiger partial charge in [0.1, 0.15) is 5.65 Å². The maximum atomic E-state index is 6.07. The summed E-state index contributed by atoms with van der Waals surface area (Å²) in [6.45, 7) is 4.76. The molecule has 0 aromatic carbocycles. The van der Waals surface area contributed by atoms with Crippen molar-refractivity contribution in [1.29, 1.82) is 0 Å². The first-order chi connectivity index (χ1) is 7.63. The van der Waals surface area contributed by atoms with Crippen LogP contribution in [0.25, 0.3) is 5.65 Å². The van der Waals surface area contributed by atoms with Crippen molar-refractivity contribution in [2.45, 2.75) is 26.7 Å². The van der Waals surface area contributed by atoms with E-state index in [9.17, 15) is 0 Å². The molecular formula is C12H16ClN3. The number of halogens is 1. The molecule has 2 aromatic rings. The van der Waals surface area contributed by atoms with Crippen LogP contribution in [0.4, 0.5) is 0 Å². The molecule has 2 aromatic heterocycles. The van der Waals surface area contributed by atoms with Crippen LogP contribution in [0.2, 0.25) is 5.02 Å². The lowest BCUT2D eigenvalue weighted by Crippen LogP contribution is -2.03. The van der Waals surface area contributed by atoms with E-state index in [-0.39, 0.29) is 0 Å². The van der Waals surface area contributed by atoms with Crippen molar-refractivity contribution in [2.75, 3.05) is 6.54 Å². The van der Waals surface area contributed by atoms with Crippen LogP contribution in [0.1, 0.15) is 23.4 Å². The molecule has 0 aliphatic carbocycles. The maximum absolute atomic E-state index is 6.07. The Morgan fingerprint density at radius 1 is 1.44 bits per heavy atom. The quantitative estimate of drug-likeness (QED) is 0.892. The zero-order valence-corrected chi connectivity index (χ0v) is 10.4.